The number of fused-ring (bicyclic) bond motifs is 1. The van der Waals surface area contributed by atoms with Gasteiger partial charge in [0.1, 0.15) is 17.8 Å². The smallest absolute Gasteiger partial charge is 0.146 e. The van der Waals surface area contributed by atoms with Crippen LogP contribution in [0.1, 0.15) is 97.1 Å². The summed E-state index contributed by atoms with van der Waals surface area (Å²) in [6, 6.07) is 0.503. The van der Waals surface area contributed by atoms with Crippen LogP contribution in [0.3, 0.4) is 0 Å². The Hall–Kier alpha value is -2.18. The van der Waals surface area contributed by atoms with Gasteiger partial charge in [0.05, 0.1) is 5.39 Å². The number of aromatic nitrogens is 3. The fourth-order valence-corrected chi connectivity index (χ4v) is 5.05. The molecule has 1 aliphatic carbocycles. The standard InChI is InChI=1S/C27H44N6.C2H6/c1-5-9-21(7-3)12-15-29-13-8-14-30-17-22-10-11-23(16-22)33-18-24(20(4)6-2)25-26(28)31-19-32-27(25)33;1-2/h7,9,18-20,22-23,29-30H,3,5-6,8,10-17H2,1-2,4H3,(H2,28,31,32);1-2H3/b21-9+;/t20?,22-,23+;/m1./s1. The number of nitrogen functional groups attached to an aromatic ring is 1. The van der Waals surface area contributed by atoms with Gasteiger partial charge in [-0.15, -0.1) is 0 Å². The Bertz CT molecular complexity index is 915. The first-order valence-corrected chi connectivity index (χ1v) is 13.9. The molecule has 2 aromatic heterocycles. The second-order valence-corrected chi connectivity index (χ2v) is 9.54. The summed E-state index contributed by atoms with van der Waals surface area (Å²) in [5, 5.41) is 8.30. The molecule has 6 nitrogen and oxygen atoms in total. The second-order valence-electron chi connectivity index (χ2n) is 9.54. The highest BCUT2D eigenvalue weighted by atomic mass is 15.1. The Morgan fingerprint density at radius 3 is 2.69 bits per heavy atom. The van der Waals surface area contributed by atoms with Crippen LogP contribution in [0.4, 0.5) is 5.82 Å². The van der Waals surface area contributed by atoms with E-state index >= 15 is 0 Å². The molecule has 1 unspecified atom stereocenters. The van der Waals surface area contributed by atoms with Crippen molar-refractivity contribution in [2.45, 2.75) is 91.5 Å². The third-order valence-corrected chi connectivity index (χ3v) is 7.18. The molecule has 0 amide bonds. The van der Waals surface area contributed by atoms with Crippen molar-refractivity contribution in [1.82, 2.24) is 25.2 Å². The molecule has 0 radical (unpaired) electrons. The van der Waals surface area contributed by atoms with E-state index in [4.69, 9.17) is 5.73 Å². The average molecular weight is 483 g/mol. The lowest BCUT2D eigenvalue weighted by Gasteiger charge is -2.15. The van der Waals surface area contributed by atoms with Gasteiger partial charge in [-0.1, -0.05) is 58.9 Å². The number of nitrogens with two attached hydrogens (primary N) is 1. The Morgan fingerprint density at radius 1 is 1.20 bits per heavy atom. The Balaban J connectivity index is 0.00000210. The quantitative estimate of drug-likeness (QED) is 0.215. The minimum atomic E-state index is 0.459. The number of hydrogen-bond donors (Lipinski definition) is 3. The van der Waals surface area contributed by atoms with E-state index in [2.05, 4.69) is 64.8 Å². The van der Waals surface area contributed by atoms with E-state index in [1.165, 1.54) is 30.4 Å². The molecule has 0 bridgehead atoms. The molecular weight excluding hydrogens is 432 g/mol. The van der Waals surface area contributed by atoms with Gasteiger partial charge >= 0.3 is 0 Å². The summed E-state index contributed by atoms with van der Waals surface area (Å²) in [5.74, 6) is 1.79. The van der Waals surface area contributed by atoms with E-state index in [1.54, 1.807) is 6.33 Å². The lowest BCUT2D eigenvalue weighted by Crippen LogP contribution is -2.26. The summed E-state index contributed by atoms with van der Waals surface area (Å²) in [7, 11) is 0. The lowest BCUT2D eigenvalue weighted by atomic mass is 9.99. The van der Waals surface area contributed by atoms with E-state index in [1.807, 2.05) is 19.9 Å². The van der Waals surface area contributed by atoms with Crippen LogP contribution in [0.5, 0.6) is 0 Å². The highest BCUT2D eigenvalue weighted by molar-refractivity contribution is 5.90. The SMILES string of the molecule is C=C/C(=C\CC)CCNCCCNC[C@@H]1CC[C@H](n2cc(C(C)CC)c3c(N)ncnc32)C1.CC. The number of hydrogen-bond acceptors (Lipinski definition) is 5. The second kappa shape index (κ2) is 15.7. The minimum Gasteiger partial charge on any atom is -0.383 e. The summed E-state index contributed by atoms with van der Waals surface area (Å²) < 4.78 is 2.39. The Kier molecular flexibility index (Phi) is 13.1. The topological polar surface area (TPSA) is 80.8 Å². The van der Waals surface area contributed by atoms with Gasteiger partial charge in [-0.2, -0.15) is 0 Å². The molecule has 0 saturated heterocycles. The minimum absolute atomic E-state index is 0.459. The fraction of sp³-hybridized carbons (Fsp3) is 0.655. The van der Waals surface area contributed by atoms with Crippen molar-refractivity contribution in [2.75, 3.05) is 31.9 Å². The number of rotatable bonds is 14. The molecule has 6 heteroatoms. The van der Waals surface area contributed by atoms with Gasteiger partial charge in [0, 0.05) is 12.2 Å². The zero-order chi connectivity index (χ0) is 25.6. The van der Waals surface area contributed by atoms with Crippen LogP contribution in [-0.2, 0) is 0 Å². The number of allylic oxidation sites excluding steroid dienone is 2. The van der Waals surface area contributed by atoms with E-state index < -0.39 is 0 Å². The predicted molar refractivity (Wildman–Crippen MR) is 152 cm³/mol. The fourth-order valence-electron chi connectivity index (χ4n) is 5.05. The normalized spacial score (nSPS) is 18.9. The zero-order valence-electron chi connectivity index (χ0n) is 22.9. The maximum atomic E-state index is 6.26. The van der Waals surface area contributed by atoms with E-state index in [9.17, 15) is 0 Å². The number of nitrogens with one attached hydrogen (secondary N) is 2. The third-order valence-electron chi connectivity index (χ3n) is 7.18. The van der Waals surface area contributed by atoms with Crippen molar-refractivity contribution in [3.63, 3.8) is 0 Å². The van der Waals surface area contributed by atoms with Gasteiger partial charge in [0.25, 0.3) is 0 Å². The summed E-state index contributed by atoms with van der Waals surface area (Å²) in [5.41, 5.74) is 9.92. The first-order chi connectivity index (χ1) is 17.1. The first kappa shape index (κ1) is 29.1. The van der Waals surface area contributed by atoms with E-state index in [-0.39, 0.29) is 0 Å². The van der Waals surface area contributed by atoms with Gasteiger partial charge in [-0.25, -0.2) is 9.97 Å². The maximum absolute atomic E-state index is 6.26. The van der Waals surface area contributed by atoms with E-state index in [0.29, 0.717) is 17.8 Å². The van der Waals surface area contributed by atoms with Crippen molar-refractivity contribution >= 4 is 16.9 Å². The Morgan fingerprint density at radius 2 is 1.97 bits per heavy atom. The van der Waals surface area contributed by atoms with Crippen molar-refractivity contribution in [2.24, 2.45) is 5.92 Å². The van der Waals surface area contributed by atoms with E-state index in [0.717, 1.165) is 68.8 Å². The maximum Gasteiger partial charge on any atom is 0.146 e. The number of anilines is 1. The van der Waals surface area contributed by atoms with Gasteiger partial charge in [0.2, 0.25) is 0 Å². The molecule has 3 rings (SSSR count). The van der Waals surface area contributed by atoms with Crippen LogP contribution in [0.25, 0.3) is 11.0 Å². The predicted octanol–water partition coefficient (Wildman–Crippen LogP) is 6.38. The van der Waals surface area contributed by atoms with Crippen LogP contribution in [0.2, 0.25) is 0 Å². The highest BCUT2D eigenvalue weighted by Gasteiger charge is 2.28. The molecule has 1 aliphatic rings. The van der Waals surface area contributed by atoms with Gasteiger partial charge in [-0.05, 0) is 88.5 Å². The molecule has 2 heterocycles. The van der Waals surface area contributed by atoms with Crippen molar-refractivity contribution in [3.05, 3.63) is 42.4 Å². The summed E-state index contributed by atoms with van der Waals surface area (Å²) in [4.78, 5) is 8.90. The molecule has 0 aliphatic heterocycles. The molecule has 1 fully saturated rings. The largest absolute Gasteiger partial charge is 0.383 e. The summed E-state index contributed by atoms with van der Waals surface area (Å²) >= 11 is 0. The molecule has 35 heavy (non-hydrogen) atoms. The molecule has 0 spiro atoms. The molecule has 196 valence electrons. The molecule has 0 aromatic carbocycles. The monoisotopic (exact) mass is 482 g/mol. The summed E-state index contributed by atoms with van der Waals surface area (Å²) in [6.45, 7) is 18.8. The average Bonchev–Trinajstić information content (AvgIpc) is 3.51. The first-order valence-electron chi connectivity index (χ1n) is 13.9. The van der Waals surface area contributed by atoms with Crippen LogP contribution in [0.15, 0.2) is 36.8 Å². The summed E-state index contributed by atoms with van der Waals surface area (Å²) in [6.07, 6.45) is 16.2. The van der Waals surface area contributed by atoms with Crippen LogP contribution in [-0.4, -0.2) is 40.7 Å². The number of nitrogens with zero attached hydrogens (tertiary/aromatic N) is 3. The highest BCUT2D eigenvalue weighted by Crippen LogP contribution is 2.39. The van der Waals surface area contributed by atoms with Crippen molar-refractivity contribution in [3.8, 4) is 0 Å². The van der Waals surface area contributed by atoms with Crippen molar-refractivity contribution < 1.29 is 0 Å². The lowest BCUT2D eigenvalue weighted by molar-refractivity contribution is 0.451. The van der Waals surface area contributed by atoms with Crippen LogP contribution < -0.4 is 16.4 Å². The Labute approximate surface area is 213 Å². The molecule has 2 aromatic rings. The molecule has 4 N–H and O–H groups in total. The van der Waals surface area contributed by atoms with Gasteiger partial charge in [-0.3, -0.25) is 0 Å². The molecular formula is C29H50N6. The zero-order valence-corrected chi connectivity index (χ0v) is 22.9. The van der Waals surface area contributed by atoms with Crippen molar-refractivity contribution in [1.29, 1.82) is 0 Å². The third kappa shape index (κ3) is 8.18. The van der Waals surface area contributed by atoms with Crippen LogP contribution >= 0.6 is 0 Å². The van der Waals surface area contributed by atoms with Crippen LogP contribution in [0, 0.1) is 5.92 Å². The molecule has 3 atom stereocenters. The van der Waals surface area contributed by atoms with Gasteiger partial charge in [0.15, 0.2) is 0 Å². The van der Waals surface area contributed by atoms with Gasteiger partial charge < -0.3 is 20.9 Å². The molecule has 1 saturated carbocycles.